The van der Waals surface area contributed by atoms with Gasteiger partial charge in [-0.1, -0.05) is 52.4 Å². The number of ketones is 1. The molecule has 0 aromatic rings. The molecule has 1 heteroatoms. The number of rotatable bonds is 6. The summed E-state index contributed by atoms with van der Waals surface area (Å²) in [5.41, 5.74) is 0. The zero-order chi connectivity index (χ0) is 14.4. The molecule has 0 amide bonds. The highest BCUT2D eigenvalue weighted by molar-refractivity contribution is 5.81. The molecule has 0 bridgehead atoms. The van der Waals surface area contributed by atoms with Crippen LogP contribution in [-0.4, -0.2) is 5.78 Å². The standard InChI is InChI=1S/C19H34O/c1-3-5-7-15-8-10-16(11-9-15)18-13-12-17(6-4-2)19(20)14-18/h15-18H,3-14H2,1-2H3. The third kappa shape index (κ3) is 4.33. The zero-order valence-electron chi connectivity index (χ0n) is 13.7. The van der Waals surface area contributed by atoms with E-state index in [0.717, 1.165) is 30.6 Å². The van der Waals surface area contributed by atoms with Gasteiger partial charge in [0.05, 0.1) is 0 Å². The van der Waals surface area contributed by atoms with Gasteiger partial charge >= 0.3 is 0 Å². The van der Waals surface area contributed by atoms with E-state index in [1.165, 1.54) is 64.2 Å². The minimum atomic E-state index is 0.414. The Morgan fingerprint density at radius 1 is 0.850 bits per heavy atom. The van der Waals surface area contributed by atoms with Gasteiger partial charge in [-0.2, -0.15) is 0 Å². The van der Waals surface area contributed by atoms with E-state index in [1.54, 1.807) is 0 Å². The average molecular weight is 278 g/mol. The smallest absolute Gasteiger partial charge is 0.136 e. The van der Waals surface area contributed by atoms with E-state index >= 15 is 0 Å². The molecule has 1 nitrogen and oxygen atoms in total. The molecular weight excluding hydrogens is 244 g/mol. The van der Waals surface area contributed by atoms with Gasteiger partial charge in [-0.25, -0.2) is 0 Å². The predicted molar refractivity (Wildman–Crippen MR) is 85.7 cm³/mol. The molecule has 0 N–H and O–H groups in total. The maximum Gasteiger partial charge on any atom is 0.136 e. The second kappa shape index (κ2) is 8.20. The summed E-state index contributed by atoms with van der Waals surface area (Å²) in [6.07, 6.45) is 15.6. The van der Waals surface area contributed by atoms with Crippen molar-refractivity contribution in [1.82, 2.24) is 0 Å². The van der Waals surface area contributed by atoms with Gasteiger partial charge < -0.3 is 0 Å². The van der Waals surface area contributed by atoms with Crippen LogP contribution in [0.3, 0.4) is 0 Å². The van der Waals surface area contributed by atoms with Crippen molar-refractivity contribution in [2.75, 3.05) is 0 Å². The van der Waals surface area contributed by atoms with E-state index in [0.29, 0.717) is 11.7 Å². The molecule has 0 heterocycles. The molecule has 2 rings (SSSR count). The van der Waals surface area contributed by atoms with Crippen LogP contribution < -0.4 is 0 Å². The van der Waals surface area contributed by atoms with Crippen LogP contribution in [0, 0.1) is 23.7 Å². The molecule has 0 spiro atoms. The molecule has 2 aliphatic carbocycles. The molecule has 2 aliphatic rings. The van der Waals surface area contributed by atoms with Crippen LogP contribution in [0.25, 0.3) is 0 Å². The first kappa shape index (κ1) is 16.0. The third-order valence-corrected chi connectivity index (χ3v) is 5.97. The Balaban J connectivity index is 1.73. The maximum absolute atomic E-state index is 12.2. The van der Waals surface area contributed by atoms with E-state index in [9.17, 15) is 4.79 Å². The van der Waals surface area contributed by atoms with Crippen LogP contribution in [-0.2, 0) is 4.79 Å². The summed E-state index contributed by atoms with van der Waals surface area (Å²) < 4.78 is 0. The Bertz CT molecular complexity index is 288. The van der Waals surface area contributed by atoms with Crippen LogP contribution in [0.1, 0.15) is 90.9 Å². The van der Waals surface area contributed by atoms with Gasteiger partial charge in [-0.05, 0) is 49.9 Å². The monoisotopic (exact) mass is 278 g/mol. The Hall–Kier alpha value is -0.330. The zero-order valence-corrected chi connectivity index (χ0v) is 13.7. The molecular formula is C19H34O. The van der Waals surface area contributed by atoms with Crippen molar-refractivity contribution in [2.45, 2.75) is 90.9 Å². The van der Waals surface area contributed by atoms with Gasteiger partial charge in [0.1, 0.15) is 5.78 Å². The summed E-state index contributed by atoms with van der Waals surface area (Å²) in [6, 6.07) is 0. The average Bonchev–Trinajstić information content (AvgIpc) is 2.48. The first-order valence-corrected chi connectivity index (χ1v) is 9.27. The first-order valence-electron chi connectivity index (χ1n) is 9.27. The van der Waals surface area contributed by atoms with E-state index < -0.39 is 0 Å². The van der Waals surface area contributed by atoms with Gasteiger partial charge in [0.2, 0.25) is 0 Å². The normalized spacial score (nSPS) is 35.2. The summed E-state index contributed by atoms with van der Waals surface area (Å²) in [5.74, 6) is 3.62. The van der Waals surface area contributed by atoms with Crippen LogP contribution in [0.4, 0.5) is 0 Å². The van der Waals surface area contributed by atoms with Gasteiger partial charge in [0.25, 0.3) is 0 Å². The van der Waals surface area contributed by atoms with E-state index in [1.807, 2.05) is 0 Å². The van der Waals surface area contributed by atoms with Gasteiger partial charge in [-0.15, -0.1) is 0 Å². The number of carbonyl (C=O) groups is 1. The van der Waals surface area contributed by atoms with Gasteiger partial charge in [-0.3, -0.25) is 4.79 Å². The number of carbonyl (C=O) groups excluding carboxylic acids is 1. The first-order chi connectivity index (χ1) is 9.74. The Kier molecular flexibility index (Phi) is 6.58. The summed E-state index contributed by atoms with van der Waals surface area (Å²) in [6.45, 7) is 4.50. The number of hydrogen-bond donors (Lipinski definition) is 0. The molecule has 20 heavy (non-hydrogen) atoms. The lowest BCUT2D eigenvalue weighted by atomic mass is 9.68. The number of Topliss-reactive ketones (excluding diaryl/α,β-unsaturated/α-hetero) is 1. The van der Waals surface area contributed by atoms with Crippen molar-refractivity contribution in [1.29, 1.82) is 0 Å². The van der Waals surface area contributed by atoms with Crippen molar-refractivity contribution in [3.63, 3.8) is 0 Å². The third-order valence-electron chi connectivity index (χ3n) is 5.97. The predicted octanol–water partition coefficient (Wildman–Crippen LogP) is 5.77. The summed E-state index contributed by atoms with van der Waals surface area (Å²) in [5, 5.41) is 0. The van der Waals surface area contributed by atoms with E-state index in [2.05, 4.69) is 13.8 Å². The number of hydrogen-bond acceptors (Lipinski definition) is 1. The maximum atomic E-state index is 12.2. The molecule has 2 fully saturated rings. The fraction of sp³-hybridized carbons (Fsp3) is 0.947. The highest BCUT2D eigenvalue weighted by Crippen LogP contribution is 2.41. The Morgan fingerprint density at radius 2 is 1.55 bits per heavy atom. The number of unbranched alkanes of at least 4 members (excludes halogenated alkanes) is 1. The highest BCUT2D eigenvalue weighted by Gasteiger charge is 2.34. The largest absolute Gasteiger partial charge is 0.299 e. The molecule has 0 aromatic carbocycles. The van der Waals surface area contributed by atoms with E-state index in [-0.39, 0.29) is 0 Å². The second-order valence-electron chi connectivity index (χ2n) is 7.42. The summed E-state index contributed by atoms with van der Waals surface area (Å²) >= 11 is 0. The highest BCUT2D eigenvalue weighted by atomic mass is 16.1. The fourth-order valence-corrected chi connectivity index (χ4v) is 4.60. The van der Waals surface area contributed by atoms with Gasteiger partial charge in [0.15, 0.2) is 0 Å². The van der Waals surface area contributed by atoms with Crippen LogP contribution in [0.5, 0.6) is 0 Å². The lowest BCUT2D eigenvalue weighted by Crippen LogP contribution is -2.31. The molecule has 0 saturated heterocycles. The van der Waals surface area contributed by atoms with Crippen molar-refractivity contribution in [3.8, 4) is 0 Å². The molecule has 2 saturated carbocycles. The van der Waals surface area contributed by atoms with Crippen molar-refractivity contribution in [2.24, 2.45) is 23.7 Å². The fourth-order valence-electron chi connectivity index (χ4n) is 4.60. The second-order valence-corrected chi connectivity index (χ2v) is 7.42. The molecule has 116 valence electrons. The molecule has 2 unspecified atom stereocenters. The summed E-state index contributed by atoms with van der Waals surface area (Å²) in [4.78, 5) is 12.2. The quantitative estimate of drug-likeness (QED) is 0.603. The van der Waals surface area contributed by atoms with Gasteiger partial charge in [0, 0.05) is 12.3 Å². The lowest BCUT2D eigenvalue weighted by molar-refractivity contribution is -0.127. The van der Waals surface area contributed by atoms with E-state index in [4.69, 9.17) is 0 Å². The van der Waals surface area contributed by atoms with Crippen LogP contribution in [0.2, 0.25) is 0 Å². The molecule has 0 aromatic heterocycles. The van der Waals surface area contributed by atoms with Crippen LogP contribution in [0.15, 0.2) is 0 Å². The lowest BCUT2D eigenvalue weighted by Gasteiger charge is -2.37. The molecule has 0 aliphatic heterocycles. The van der Waals surface area contributed by atoms with Crippen molar-refractivity contribution in [3.05, 3.63) is 0 Å². The topological polar surface area (TPSA) is 17.1 Å². The Morgan fingerprint density at radius 3 is 2.15 bits per heavy atom. The molecule has 2 atom stereocenters. The molecule has 0 radical (unpaired) electrons. The van der Waals surface area contributed by atoms with Crippen molar-refractivity contribution < 1.29 is 4.79 Å². The minimum absolute atomic E-state index is 0.414. The van der Waals surface area contributed by atoms with Crippen molar-refractivity contribution >= 4 is 5.78 Å². The SMILES string of the molecule is CCCCC1CCC(C2CCC(CCC)C(=O)C2)CC1. The summed E-state index contributed by atoms with van der Waals surface area (Å²) in [7, 11) is 0. The Labute approximate surface area is 125 Å². The van der Waals surface area contributed by atoms with Crippen LogP contribution >= 0.6 is 0 Å². The minimum Gasteiger partial charge on any atom is -0.299 e.